The van der Waals surface area contributed by atoms with Gasteiger partial charge in [0, 0.05) is 20.1 Å². The lowest BCUT2D eigenvalue weighted by Crippen LogP contribution is -2.32. The van der Waals surface area contributed by atoms with Crippen LogP contribution in [0.3, 0.4) is 0 Å². The number of methoxy groups -OCH3 is 1. The molecular weight excluding hydrogens is 257 g/mol. The predicted octanol–water partition coefficient (Wildman–Crippen LogP) is 2.34. The number of ether oxygens (including phenoxy) is 1. The van der Waals surface area contributed by atoms with Crippen LogP contribution in [-0.4, -0.2) is 25.5 Å². The molecule has 18 heavy (non-hydrogen) atoms. The van der Waals surface area contributed by atoms with E-state index in [4.69, 9.17) is 22.1 Å². The molecule has 1 rings (SSSR count). The molecule has 0 aliphatic heterocycles. The van der Waals surface area contributed by atoms with Crippen molar-refractivity contribution in [3.63, 3.8) is 0 Å². The highest BCUT2D eigenvalue weighted by molar-refractivity contribution is 6.30. The lowest BCUT2D eigenvalue weighted by molar-refractivity contribution is -0.119. The number of hydrogen-bond donors (Lipinski definition) is 1. The number of hydrogen-bond acceptors (Lipinski definition) is 3. The van der Waals surface area contributed by atoms with Crippen molar-refractivity contribution >= 4 is 17.4 Å². The van der Waals surface area contributed by atoms with Crippen molar-refractivity contribution < 1.29 is 13.9 Å². The molecule has 1 aromatic rings. The number of ketones is 1. The molecule has 3 nitrogen and oxygen atoms in total. The molecule has 2 N–H and O–H groups in total. The van der Waals surface area contributed by atoms with Crippen molar-refractivity contribution in [3.8, 4) is 0 Å². The van der Waals surface area contributed by atoms with Gasteiger partial charge in [0.25, 0.3) is 0 Å². The third-order valence-corrected chi connectivity index (χ3v) is 2.95. The van der Waals surface area contributed by atoms with Crippen LogP contribution in [0.25, 0.3) is 0 Å². The van der Waals surface area contributed by atoms with Crippen LogP contribution in [0, 0.1) is 5.82 Å². The zero-order valence-corrected chi connectivity index (χ0v) is 11.0. The molecule has 0 aliphatic rings. The van der Waals surface area contributed by atoms with E-state index in [0.717, 1.165) is 6.42 Å². The quantitative estimate of drug-likeness (QED) is 0.776. The van der Waals surface area contributed by atoms with E-state index >= 15 is 0 Å². The average Bonchev–Trinajstić information content (AvgIpc) is 2.34. The highest BCUT2D eigenvalue weighted by Crippen LogP contribution is 2.16. The second kappa shape index (κ2) is 7.46. The molecular formula is C13H17ClFNO2. The van der Waals surface area contributed by atoms with Gasteiger partial charge in [0.15, 0.2) is 5.78 Å². The molecule has 0 aromatic heterocycles. The molecule has 0 aliphatic carbocycles. The SMILES string of the molecule is COCCCC(N)C(=O)Cc1ccc(Cl)c(F)c1. The third-order valence-electron chi connectivity index (χ3n) is 2.64. The number of nitrogens with two attached hydrogens (primary N) is 1. The highest BCUT2D eigenvalue weighted by atomic mass is 35.5. The number of carbonyl (C=O) groups excluding carboxylic acids is 1. The van der Waals surface area contributed by atoms with E-state index in [0.29, 0.717) is 18.6 Å². The summed E-state index contributed by atoms with van der Waals surface area (Å²) in [4.78, 5) is 11.8. The number of carbonyl (C=O) groups is 1. The Morgan fingerprint density at radius 3 is 2.89 bits per heavy atom. The number of benzene rings is 1. The second-order valence-electron chi connectivity index (χ2n) is 4.13. The maximum Gasteiger partial charge on any atom is 0.153 e. The second-order valence-corrected chi connectivity index (χ2v) is 4.54. The van der Waals surface area contributed by atoms with Crippen LogP contribution in [0.15, 0.2) is 18.2 Å². The Morgan fingerprint density at radius 1 is 1.56 bits per heavy atom. The lowest BCUT2D eigenvalue weighted by atomic mass is 10.0. The van der Waals surface area contributed by atoms with Gasteiger partial charge in [-0.2, -0.15) is 0 Å². The summed E-state index contributed by atoms with van der Waals surface area (Å²) in [6.07, 6.45) is 1.43. The van der Waals surface area contributed by atoms with E-state index in [2.05, 4.69) is 0 Å². The zero-order chi connectivity index (χ0) is 13.5. The van der Waals surface area contributed by atoms with E-state index in [1.807, 2.05) is 0 Å². The molecule has 1 atom stereocenters. The average molecular weight is 274 g/mol. The summed E-state index contributed by atoms with van der Waals surface area (Å²) in [5.41, 5.74) is 6.34. The molecule has 100 valence electrons. The molecule has 5 heteroatoms. The van der Waals surface area contributed by atoms with E-state index in [-0.39, 0.29) is 17.2 Å². The van der Waals surface area contributed by atoms with Crippen molar-refractivity contribution in [3.05, 3.63) is 34.6 Å². The first-order valence-electron chi connectivity index (χ1n) is 5.75. The lowest BCUT2D eigenvalue weighted by Gasteiger charge is -2.10. The van der Waals surface area contributed by atoms with Crippen molar-refractivity contribution in [2.24, 2.45) is 5.73 Å². The zero-order valence-electron chi connectivity index (χ0n) is 10.3. The van der Waals surface area contributed by atoms with Crippen LogP contribution in [0.1, 0.15) is 18.4 Å². The van der Waals surface area contributed by atoms with Crippen molar-refractivity contribution in [2.45, 2.75) is 25.3 Å². The summed E-state index contributed by atoms with van der Waals surface area (Å²) in [5, 5.41) is 0.0515. The van der Waals surface area contributed by atoms with Crippen LogP contribution in [-0.2, 0) is 16.0 Å². The minimum Gasteiger partial charge on any atom is -0.385 e. The van der Waals surface area contributed by atoms with E-state index < -0.39 is 11.9 Å². The Balaban J connectivity index is 2.50. The summed E-state index contributed by atoms with van der Waals surface area (Å²) >= 11 is 5.57. The molecule has 1 unspecified atom stereocenters. The van der Waals surface area contributed by atoms with Crippen LogP contribution < -0.4 is 5.73 Å². The van der Waals surface area contributed by atoms with Gasteiger partial charge in [-0.05, 0) is 30.5 Å². The topological polar surface area (TPSA) is 52.3 Å². The maximum atomic E-state index is 13.2. The van der Waals surface area contributed by atoms with Gasteiger partial charge in [-0.3, -0.25) is 4.79 Å². The van der Waals surface area contributed by atoms with Crippen molar-refractivity contribution in [1.82, 2.24) is 0 Å². The Hall–Kier alpha value is -0.970. The summed E-state index contributed by atoms with van der Waals surface area (Å²) < 4.78 is 18.1. The fourth-order valence-corrected chi connectivity index (χ4v) is 1.71. The normalized spacial score (nSPS) is 12.4. The Kier molecular flexibility index (Phi) is 6.25. The number of halogens is 2. The summed E-state index contributed by atoms with van der Waals surface area (Å²) in [6.45, 7) is 0.580. The largest absolute Gasteiger partial charge is 0.385 e. The molecule has 0 saturated carbocycles. The first kappa shape index (κ1) is 15.1. The van der Waals surface area contributed by atoms with Gasteiger partial charge in [-0.1, -0.05) is 17.7 Å². The molecule has 1 aromatic carbocycles. The molecule has 0 bridgehead atoms. The van der Waals surface area contributed by atoms with Gasteiger partial charge >= 0.3 is 0 Å². The van der Waals surface area contributed by atoms with Gasteiger partial charge in [-0.15, -0.1) is 0 Å². The fourth-order valence-electron chi connectivity index (χ4n) is 1.59. The summed E-state index contributed by atoms with van der Waals surface area (Å²) in [7, 11) is 1.60. The first-order valence-corrected chi connectivity index (χ1v) is 6.13. The molecule has 0 saturated heterocycles. The standard InChI is InChI=1S/C13H17ClFNO2/c1-18-6-2-3-12(16)13(17)8-9-4-5-10(14)11(15)7-9/h4-5,7,12H,2-3,6,8,16H2,1H3. The molecule has 0 heterocycles. The molecule has 0 radical (unpaired) electrons. The first-order chi connectivity index (χ1) is 8.54. The van der Waals surface area contributed by atoms with Gasteiger partial charge in [-0.25, -0.2) is 4.39 Å². The minimum atomic E-state index is -0.529. The van der Waals surface area contributed by atoms with Gasteiger partial charge in [0.1, 0.15) is 5.82 Å². The summed E-state index contributed by atoms with van der Waals surface area (Å²) in [5.74, 6) is -0.622. The van der Waals surface area contributed by atoms with Gasteiger partial charge in [0.05, 0.1) is 11.1 Å². The highest BCUT2D eigenvalue weighted by Gasteiger charge is 2.14. The number of rotatable bonds is 7. The van der Waals surface area contributed by atoms with Gasteiger partial charge in [0.2, 0.25) is 0 Å². The van der Waals surface area contributed by atoms with Crippen LogP contribution in [0.2, 0.25) is 5.02 Å². The third kappa shape index (κ3) is 4.72. The molecule has 0 amide bonds. The van der Waals surface area contributed by atoms with E-state index in [9.17, 15) is 9.18 Å². The van der Waals surface area contributed by atoms with Gasteiger partial charge < -0.3 is 10.5 Å². The minimum absolute atomic E-state index is 0.0515. The smallest absolute Gasteiger partial charge is 0.153 e. The molecule has 0 spiro atoms. The van der Waals surface area contributed by atoms with Crippen molar-refractivity contribution in [1.29, 1.82) is 0 Å². The fraction of sp³-hybridized carbons (Fsp3) is 0.462. The van der Waals surface area contributed by atoms with Crippen LogP contribution >= 0.6 is 11.6 Å². The van der Waals surface area contributed by atoms with E-state index in [1.165, 1.54) is 12.1 Å². The van der Waals surface area contributed by atoms with Crippen LogP contribution in [0.4, 0.5) is 4.39 Å². The van der Waals surface area contributed by atoms with Crippen LogP contribution in [0.5, 0.6) is 0 Å². The predicted molar refractivity (Wildman–Crippen MR) is 69.2 cm³/mol. The summed E-state index contributed by atoms with van der Waals surface area (Å²) in [6, 6.07) is 3.81. The number of Topliss-reactive ketones (excluding diaryl/α,β-unsaturated/α-hetero) is 1. The monoisotopic (exact) mass is 273 g/mol. The van der Waals surface area contributed by atoms with Crippen molar-refractivity contribution in [2.75, 3.05) is 13.7 Å². The Morgan fingerprint density at radius 2 is 2.28 bits per heavy atom. The Labute approximate surface area is 111 Å². The van der Waals surface area contributed by atoms with E-state index in [1.54, 1.807) is 13.2 Å². The molecule has 0 fully saturated rings. The Bertz CT molecular complexity index is 412. The maximum absolute atomic E-state index is 13.2.